The van der Waals surface area contributed by atoms with Gasteiger partial charge in [0, 0.05) is 6.54 Å². The fraction of sp³-hybridized carbons (Fsp3) is 0.250. The number of amides is 1. The van der Waals surface area contributed by atoms with Gasteiger partial charge in [0.25, 0.3) is 5.91 Å². The summed E-state index contributed by atoms with van der Waals surface area (Å²) in [5.41, 5.74) is 2.78. The lowest BCUT2D eigenvalue weighted by Crippen LogP contribution is -2.19. The molecule has 0 radical (unpaired) electrons. The molecule has 0 spiro atoms. The van der Waals surface area contributed by atoms with Crippen molar-refractivity contribution in [3.05, 3.63) is 58.1 Å². The number of nitrogens with zero attached hydrogens (tertiary/aromatic N) is 5. The average molecular weight is 389 g/mol. The minimum absolute atomic E-state index is 0.267. The number of benzene rings is 1. The number of hydrogen-bond acceptors (Lipinski definition) is 4. The van der Waals surface area contributed by atoms with E-state index in [1.54, 1.807) is 21.9 Å². The minimum Gasteiger partial charge on any atom is -0.288 e. The first-order valence-electron chi connectivity index (χ1n) is 7.54. The van der Waals surface area contributed by atoms with Crippen LogP contribution < -0.4 is 5.32 Å². The highest BCUT2D eigenvalue weighted by molar-refractivity contribution is 9.10. The van der Waals surface area contributed by atoms with Crippen molar-refractivity contribution >= 4 is 27.8 Å². The van der Waals surface area contributed by atoms with Crippen molar-refractivity contribution < 1.29 is 4.79 Å². The van der Waals surface area contributed by atoms with Gasteiger partial charge in [0.2, 0.25) is 5.95 Å². The van der Waals surface area contributed by atoms with Gasteiger partial charge in [-0.2, -0.15) is 5.10 Å². The van der Waals surface area contributed by atoms with Gasteiger partial charge in [0.15, 0.2) is 0 Å². The summed E-state index contributed by atoms with van der Waals surface area (Å²) in [6.07, 6.45) is 3.20. The van der Waals surface area contributed by atoms with Gasteiger partial charge in [0.1, 0.15) is 12.0 Å². The van der Waals surface area contributed by atoms with Gasteiger partial charge in [-0.25, -0.2) is 9.67 Å². The first kappa shape index (κ1) is 16.4. The van der Waals surface area contributed by atoms with Crippen molar-refractivity contribution in [2.45, 2.75) is 26.9 Å². The van der Waals surface area contributed by atoms with E-state index in [1.807, 2.05) is 26.0 Å². The fourth-order valence-corrected chi connectivity index (χ4v) is 2.77. The van der Waals surface area contributed by atoms with Gasteiger partial charge in [-0.05, 0) is 35.3 Å². The second-order valence-corrected chi connectivity index (χ2v) is 6.22. The predicted molar refractivity (Wildman–Crippen MR) is 93.9 cm³/mol. The summed E-state index contributed by atoms with van der Waals surface area (Å²) in [6, 6.07) is 8.20. The van der Waals surface area contributed by atoms with Gasteiger partial charge in [-0.1, -0.05) is 29.8 Å². The first-order valence-corrected chi connectivity index (χ1v) is 8.33. The molecule has 0 unspecified atom stereocenters. The zero-order valence-electron chi connectivity index (χ0n) is 13.4. The lowest BCUT2D eigenvalue weighted by molar-refractivity contribution is 0.101. The Kier molecular flexibility index (Phi) is 4.75. The number of halogens is 1. The molecule has 24 heavy (non-hydrogen) atoms. The van der Waals surface area contributed by atoms with Gasteiger partial charge in [-0.3, -0.25) is 14.8 Å². The third-order valence-corrected chi connectivity index (χ3v) is 4.12. The summed E-state index contributed by atoms with van der Waals surface area (Å²) >= 11 is 3.34. The number of aromatic nitrogens is 5. The molecular weight excluding hydrogens is 372 g/mol. The molecule has 124 valence electrons. The Labute approximate surface area is 147 Å². The van der Waals surface area contributed by atoms with E-state index in [-0.39, 0.29) is 11.9 Å². The van der Waals surface area contributed by atoms with E-state index < -0.39 is 0 Å². The van der Waals surface area contributed by atoms with Crippen molar-refractivity contribution in [3.8, 4) is 0 Å². The molecule has 0 bridgehead atoms. The molecule has 0 aliphatic carbocycles. The molecule has 0 saturated carbocycles. The van der Waals surface area contributed by atoms with Crippen LogP contribution >= 0.6 is 15.9 Å². The van der Waals surface area contributed by atoms with Crippen LogP contribution in [0.2, 0.25) is 0 Å². The third kappa shape index (κ3) is 3.53. The number of aryl methyl sites for hydroxylation is 2. The SMILES string of the molecule is CCn1ncc(Br)c1C(=O)Nc1ncn(Cc2ccc(C)cc2)n1. The molecule has 0 saturated heterocycles. The van der Waals surface area contributed by atoms with Gasteiger partial charge < -0.3 is 0 Å². The van der Waals surface area contributed by atoms with Crippen LogP contribution in [0.5, 0.6) is 0 Å². The molecule has 0 atom stereocenters. The summed E-state index contributed by atoms with van der Waals surface area (Å²) in [5.74, 6) is -0.0304. The van der Waals surface area contributed by atoms with Gasteiger partial charge in [0.05, 0.1) is 17.2 Å². The summed E-state index contributed by atoms with van der Waals surface area (Å²) in [7, 11) is 0. The Bertz CT molecular complexity index is 852. The van der Waals surface area contributed by atoms with E-state index in [4.69, 9.17) is 0 Å². The highest BCUT2D eigenvalue weighted by atomic mass is 79.9. The van der Waals surface area contributed by atoms with Crippen molar-refractivity contribution in [1.82, 2.24) is 24.5 Å². The highest BCUT2D eigenvalue weighted by Crippen LogP contribution is 2.17. The Morgan fingerprint density at radius 1 is 1.29 bits per heavy atom. The minimum atomic E-state index is -0.297. The molecule has 1 N–H and O–H groups in total. The summed E-state index contributed by atoms with van der Waals surface area (Å²) in [5, 5.41) is 11.1. The summed E-state index contributed by atoms with van der Waals surface area (Å²) in [6.45, 7) is 5.17. The zero-order valence-corrected chi connectivity index (χ0v) is 15.0. The number of carbonyl (C=O) groups is 1. The molecule has 2 aromatic heterocycles. The number of carbonyl (C=O) groups excluding carboxylic acids is 1. The third-order valence-electron chi connectivity index (χ3n) is 3.54. The van der Waals surface area contributed by atoms with Crippen LogP contribution in [-0.4, -0.2) is 30.5 Å². The second-order valence-electron chi connectivity index (χ2n) is 5.36. The number of rotatable bonds is 5. The molecule has 8 heteroatoms. The maximum atomic E-state index is 12.4. The van der Waals surface area contributed by atoms with E-state index in [9.17, 15) is 4.79 Å². The standard InChI is InChI=1S/C16H17BrN6O/c1-3-23-14(13(17)8-19-23)15(24)20-16-18-10-22(21-16)9-12-6-4-11(2)5-7-12/h4-8,10H,3,9H2,1-2H3,(H,20,21,24). The van der Waals surface area contributed by atoms with Crippen molar-refractivity contribution in [3.63, 3.8) is 0 Å². The second kappa shape index (κ2) is 6.96. The maximum absolute atomic E-state index is 12.4. The van der Waals surface area contributed by atoms with Gasteiger partial charge >= 0.3 is 0 Å². The van der Waals surface area contributed by atoms with E-state index >= 15 is 0 Å². The largest absolute Gasteiger partial charge is 0.288 e. The van der Waals surface area contributed by atoms with Crippen LogP contribution in [0.1, 0.15) is 28.5 Å². The number of hydrogen-bond donors (Lipinski definition) is 1. The average Bonchev–Trinajstić information content (AvgIpc) is 3.15. The van der Waals surface area contributed by atoms with Gasteiger partial charge in [-0.15, -0.1) is 5.10 Å². The normalized spacial score (nSPS) is 10.8. The number of anilines is 1. The molecule has 7 nitrogen and oxygen atoms in total. The van der Waals surface area contributed by atoms with E-state index in [0.29, 0.717) is 23.3 Å². The lowest BCUT2D eigenvalue weighted by atomic mass is 10.1. The molecule has 1 amide bonds. The maximum Gasteiger partial charge on any atom is 0.277 e. The molecule has 1 aromatic carbocycles. The zero-order chi connectivity index (χ0) is 17.1. The number of nitrogens with one attached hydrogen (secondary N) is 1. The van der Waals surface area contributed by atoms with Crippen LogP contribution in [0.4, 0.5) is 5.95 Å². The van der Waals surface area contributed by atoms with Crippen LogP contribution in [0, 0.1) is 6.92 Å². The van der Waals surface area contributed by atoms with E-state index in [1.165, 1.54) is 5.56 Å². The van der Waals surface area contributed by atoms with Crippen molar-refractivity contribution in [2.75, 3.05) is 5.32 Å². The molecule has 3 rings (SSSR count). The Balaban J connectivity index is 1.70. The molecule has 0 aliphatic heterocycles. The molecule has 3 aromatic rings. The first-order chi connectivity index (χ1) is 11.6. The van der Waals surface area contributed by atoms with Crippen LogP contribution in [0.25, 0.3) is 0 Å². The molecule has 2 heterocycles. The van der Waals surface area contributed by atoms with E-state index in [0.717, 1.165) is 5.56 Å². The monoisotopic (exact) mass is 388 g/mol. The highest BCUT2D eigenvalue weighted by Gasteiger charge is 2.18. The molecular formula is C16H17BrN6O. The smallest absolute Gasteiger partial charge is 0.277 e. The van der Waals surface area contributed by atoms with E-state index in [2.05, 4.69) is 48.6 Å². The van der Waals surface area contributed by atoms with Crippen LogP contribution in [0.3, 0.4) is 0 Å². The fourth-order valence-electron chi connectivity index (χ4n) is 2.30. The lowest BCUT2D eigenvalue weighted by Gasteiger charge is -2.05. The van der Waals surface area contributed by atoms with Crippen LogP contribution in [-0.2, 0) is 13.1 Å². The molecule has 0 fully saturated rings. The molecule has 0 aliphatic rings. The Morgan fingerprint density at radius 2 is 2.04 bits per heavy atom. The summed E-state index contributed by atoms with van der Waals surface area (Å²) < 4.78 is 3.94. The predicted octanol–water partition coefficient (Wildman–Crippen LogP) is 2.87. The quantitative estimate of drug-likeness (QED) is 0.728. The Hall–Kier alpha value is -2.48. The Morgan fingerprint density at radius 3 is 2.75 bits per heavy atom. The van der Waals surface area contributed by atoms with Crippen LogP contribution in [0.15, 0.2) is 41.3 Å². The summed E-state index contributed by atoms with van der Waals surface area (Å²) in [4.78, 5) is 16.5. The van der Waals surface area contributed by atoms with Crippen molar-refractivity contribution in [2.24, 2.45) is 0 Å². The van der Waals surface area contributed by atoms with Crippen molar-refractivity contribution in [1.29, 1.82) is 0 Å². The topological polar surface area (TPSA) is 77.6 Å².